The van der Waals surface area contributed by atoms with Gasteiger partial charge in [-0.1, -0.05) is 47.7 Å². The molecule has 1 aromatic carbocycles. The number of carbonyl (C=O) groups excluding carboxylic acids is 1. The summed E-state index contributed by atoms with van der Waals surface area (Å²) in [6.45, 7) is 5.16. The monoisotopic (exact) mass is 395 g/mol. The molecule has 1 amide bonds. The van der Waals surface area contributed by atoms with Crippen molar-refractivity contribution in [1.29, 1.82) is 0 Å². The molecule has 1 fully saturated rings. The SMILES string of the molecule is Cc1ccc(-c2nc(SCC(=O)N3CCN(c4cccc[nH+]4)CC3)n[nH]2)cc1. The van der Waals surface area contributed by atoms with Gasteiger partial charge in [-0.15, -0.1) is 5.10 Å². The standard InChI is InChI=1S/C20H22N6OS/c1-15-5-7-16(8-6-15)19-22-20(24-23-19)28-14-18(27)26-12-10-25(11-13-26)17-4-2-3-9-21-17/h2-9H,10-14H2,1H3,(H,22,23,24)/p+1. The molecule has 0 saturated carbocycles. The number of nitrogens with zero attached hydrogens (tertiary/aromatic N) is 4. The van der Waals surface area contributed by atoms with E-state index in [-0.39, 0.29) is 5.91 Å². The summed E-state index contributed by atoms with van der Waals surface area (Å²) < 4.78 is 0. The minimum atomic E-state index is 0.128. The van der Waals surface area contributed by atoms with E-state index in [2.05, 4.69) is 38.1 Å². The summed E-state index contributed by atoms with van der Waals surface area (Å²) >= 11 is 1.37. The Hall–Kier alpha value is -2.87. The number of H-pyrrole nitrogens is 2. The number of piperazine rings is 1. The highest BCUT2D eigenvalue weighted by Crippen LogP contribution is 2.20. The third-order valence-corrected chi connectivity index (χ3v) is 5.61. The molecule has 1 saturated heterocycles. The average Bonchev–Trinajstić information content (AvgIpc) is 3.22. The predicted octanol–water partition coefficient (Wildman–Crippen LogP) is 2.04. The summed E-state index contributed by atoms with van der Waals surface area (Å²) in [5.74, 6) is 2.29. The van der Waals surface area contributed by atoms with Gasteiger partial charge in [0, 0.05) is 11.6 Å². The van der Waals surface area contributed by atoms with Gasteiger partial charge in [-0.25, -0.2) is 9.97 Å². The minimum Gasteiger partial charge on any atom is -0.334 e. The van der Waals surface area contributed by atoms with E-state index in [4.69, 9.17) is 0 Å². The third-order valence-electron chi connectivity index (χ3n) is 4.78. The number of nitrogens with one attached hydrogen (secondary N) is 2. The van der Waals surface area contributed by atoms with E-state index >= 15 is 0 Å². The Morgan fingerprint density at radius 2 is 1.93 bits per heavy atom. The molecule has 2 N–H and O–H groups in total. The second-order valence-corrected chi connectivity index (χ2v) is 7.68. The second kappa shape index (κ2) is 8.43. The van der Waals surface area contributed by atoms with Gasteiger partial charge in [0.2, 0.25) is 11.1 Å². The summed E-state index contributed by atoms with van der Waals surface area (Å²) in [6, 6.07) is 14.2. The number of hydrogen-bond acceptors (Lipinski definition) is 5. The molecule has 8 heteroatoms. The number of pyridine rings is 1. The molecule has 4 rings (SSSR count). The number of carbonyl (C=O) groups is 1. The molecule has 28 heavy (non-hydrogen) atoms. The highest BCUT2D eigenvalue weighted by atomic mass is 32.2. The van der Waals surface area contributed by atoms with Crippen molar-refractivity contribution in [3.63, 3.8) is 0 Å². The predicted molar refractivity (Wildman–Crippen MR) is 109 cm³/mol. The molecule has 2 aromatic heterocycles. The van der Waals surface area contributed by atoms with Crippen LogP contribution in [0.5, 0.6) is 0 Å². The molecule has 0 aliphatic carbocycles. The number of benzene rings is 1. The molecule has 0 atom stereocenters. The Balaban J connectivity index is 1.28. The smallest absolute Gasteiger partial charge is 0.274 e. The molecule has 1 aliphatic rings. The first-order valence-electron chi connectivity index (χ1n) is 9.31. The zero-order valence-corrected chi connectivity index (χ0v) is 16.6. The highest BCUT2D eigenvalue weighted by molar-refractivity contribution is 7.99. The van der Waals surface area contributed by atoms with Crippen LogP contribution in [0.1, 0.15) is 5.56 Å². The van der Waals surface area contributed by atoms with Crippen molar-refractivity contribution in [3.8, 4) is 11.4 Å². The van der Waals surface area contributed by atoms with Crippen molar-refractivity contribution < 1.29 is 9.78 Å². The van der Waals surface area contributed by atoms with Crippen LogP contribution in [-0.2, 0) is 4.79 Å². The molecular formula is C20H23N6OS+. The van der Waals surface area contributed by atoms with Crippen molar-refractivity contribution in [2.45, 2.75) is 12.1 Å². The minimum absolute atomic E-state index is 0.128. The van der Waals surface area contributed by atoms with Crippen molar-refractivity contribution in [2.75, 3.05) is 36.8 Å². The number of aromatic amines is 2. The summed E-state index contributed by atoms with van der Waals surface area (Å²) in [6.07, 6.45) is 1.92. The Morgan fingerprint density at radius 1 is 1.14 bits per heavy atom. The van der Waals surface area contributed by atoms with Crippen LogP contribution in [0.4, 0.5) is 5.82 Å². The molecule has 3 aromatic rings. The zero-order chi connectivity index (χ0) is 19.3. The average molecular weight is 396 g/mol. The maximum Gasteiger partial charge on any atom is 0.274 e. The van der Waals surface area contributed by atoms with Crippen LogP contribution < -0.4 is 9.88 Å². The van der Waals surface area contributed by atoms with Gasteiger partial charge in [0.1, 0.15) is 13.1 Å². The summed E-state index contributed by atoms with van der Waals surface area (Å²) in [7, 11) is 0. The fraction of sp³-hybridized carbons (Fsp3) is 0.300. The van der Waals surface area contributed by atoms with Gasteiger partial charge in [-0.05, 0) is 13.0 Å². The highest BCUT2D eigenvalue weighted by Gasteiger charge is 2.26. The number of aromatic nitrogens is 4. The van der Waals surface area contributed by atoms with E-state index in [1.165, 1.54) is 17.3 Å². The second-order valence-electron chi connectivity index (χ2n) is 6.74. The topological polar surface area (TPSA) is 79.3 Å². The molecule has 0 spiro atoms. The largest absolute Gasteiger partial charge is 0.334 e. The fourth-order valence-corrected chi connectivity index (χ4v) is 3.85. The lowest BCUT2D eigenvalue weighted by Crippen LogP contribution is -2.50. The van der Waals surface area contributed by atoms with Crippen molar-refractivity contribution >= 4 is 23.5 Å². The first-order chi connectivity index (χ1) is 13.7. The van der Waals surface area contributed by atoms with Crippen molar-refractivity contribution in [2.24, 2.45) is 0 Å². The van der Waals surface area contributed by atoms with Gasteiger partial charge in [-0.3, -0.25) is 14.8 Å². The van der Waals surface area contributed by atoms with Gasteiger partial charge < -0.3 is 4.90 Å². The van der Waals surface area contributed by atoms with E-state index < -0.39 is 0 Å². The number of amides is 1. The molecule has 144 valence electrons. The summed E-state index contributed by atoms with van der Waals surface area (Å²) in [5.41, 5.74) is 2.19. The fourth-order valence-electron chi connectivity index (χ4n) is 3.15. The van der Waals surface area contributed by atoms with Crippen LogP contribution in [0.3, 0.4) is 0 Å². The van der Waals surface area contributed by atoms with E-state index in [1.54, 1.807) is 0 Å². The van der Waals surface area contributed by atoms with Crippen LogP contribution in [0.2, 0.25) is 0 Å². The van der Waals surface area contributed by atoms with Crippen LogP contribution in [-0.4, -0.2) is 57.9 Å². The number of anilines is 1. The van der Waals surface area contributed by atoms with Crippen LogP contribution in [0.25, 0.3) is 11.4 Å². The van der Waals surface area contributed by atoms with E-state index in [1.807, 2.05) is 47.5 Å². The lowest BCUT2D eigenvalue weighted by Gasteiger charge is -2.30. The van der Waals surface area contributed by atoms with Gasteiger partial charge in [0.25, 0.3) is 5.82 Å². The van der Waals surface area contributed by atoms with Crippen LogP contribution in [0.15, 0.2) is 53.8 Å². The molecular weight excluding hydrogens is 372 g/mol. The Morgan fingerprint density at radius 3 is 2.64 bits per heavy atom. The van der Waals surface area contributed by atoms with Crippen molar-refractivity contribution in [3.05, 3.63) is 54.2 Å². The van der Waals surface area contributed by atoms with Crippen molar-refractivity contribution in [1.82, 2.24) is 20.1 Å². The Labute approximate surface area is 168 Å². The van der Waals surface area contributed by atoms with Crippen LogP contribution in [0, 0.1) is 6.92 Å². The summed E-state index contributed by atoms with van der Waals surface area (Å²) in [5, 5.41) is 7.78. The Bertz CT molecular complexity index is 919. The van der Waals surface area contributed by atoms with Crippen LogP contribution >= 0.6 is 11.8 Å². The number of aryl methyl sites for hydroxylation is 1. The molecule has 7 nitrogen and oxygen atoms in total. The molecule has 1 aliphatic heterocycles. The molecule has 3 heterocycles. The van der Waals surface area contributed by atoms with Gasteiger partial charge >= 0.3 is 0 Å². The normalized spacial score (nSPS) is 14.3. The Kier molecular flexibility index (Phi) is 5.57. The number of rotatable bonds is 5. The maximum absolute atomic E-state index is 12.5. The summed E-state index contributed by atoms with van der Waals surface area (Å²) in [4.78, 5) is 24.5. The zero-order valence-electron chi connectivity index (χ0n) is 15.8. The molecule has 0 radical (unpaired) electrons. The molecule has 0 unspecified atom stereocenters. The molecule has 0 bridgehead atoms. The number of hydrogen-bond donors (Lipinski definition) is 1. The maximum atomic E-state index is 12.5. The first-order valence-corrected chi connectivity index (χ1v) is 10.3. The van der Waals surface area contributed by atoms with Gasteiger partial charge in [-0.2, -0.15) is 0 Å². The lowest BCUT2D eigenvalue weighted by atomic mass is 10.1. The van der Waals surface area contributed by atoms with Gasteiger partial charge in [0.05, 0.1) is 25.0 Å². The quantitative estimate of drug-likeness (QED) is 0.669. The first kappa shape index (κ1) is 18.5. The van der Waals surface area contributed by atoms with E-state index in [9.17, 15) is 4.79 Å². The van der Waals surface area contributed by atoms with E-state index in [0.29, 0.717) is 10.9 Å². The number of thioether (sulfide) groups is 1. The third kappa shape index (κ3) is 4.33. The van der Waals surface area contributed by atoms with Gasteiger partial charge in [0.15, 0.2) is 5.82 Å². The van der Waals surface area contributed by atoms with E-state index in [0.717, 1.165) is 43.4 Å². The lowest BCUT2D eigenvalue weighted by molar-refractivity contribution is -0.364.